The fourth-order valence-electron chi connectivity index (χ4n) is 0.393. The number of rotatable bonds is 4. The van der Waals surface area contributed by atoms with Gasteiger partial charge in [0.25, 0.3) is 0 Å². The Morgan fingerprint density at radius 3 is 2.36 bits per heavy atom. The maximum Gasteiger partial charge on any atom is 0.209 e. The molecule has 0 aliphatic heterocycles. The summed E-state index contributed by atoms with van der Waals surface area (Å²) in [7, 11) is 0. The molecule has 0 saturated carbocycles. The van der Waals surface area contributed by atoms with Crippen molar-refractivity contribution in [1.82, 2.24) is 5.32 Å². The average Bonchev–Trinajstić information content (AvgIpc) is 1.88. The van der Waals surface area contributed by atoms with Crippen molar-refractivity contribution in [3.63, 3.8) is 0 Å². The van der Waals surface area contributed by atoms with Crippen molar-refractivity contribution in [3.05, 3.63) is 0 Å². The third-order valence-corrected chi connectivity index (χ3v) is 2.76. The molecule has 2 N–H and O–H groups in total. The van der Waals surface area contributed by atoms with Gasteiger partial charge in [0.1, 0.15) is 0 Å². The van der Waals surface area contributed by atoms with Gasteiger partial charge in [-0.3, -0.25) is 4.79 Å². The van der Waals surface area contributed by atoms with E-state index in [1.165, 1.54) is 6.92 Å². The molecule has 1 amide bonds. The number of carbonyl (C=O) groups is 1. The molecule has 0 aromatic carbocycles. The number of halogens is 3. The minimum atomic E-state index is -1.57. The molecule has 0 aliphatic carbocycles. The van der Waals surface area contributed by atoms with E-state index in [1.54, 1.807) is 0 Å². The zero-order chi connectivity index (χ0) is 9.07. The lowest BCUT2D eigenvalue weighted by Gasteiger charge is -2.26. The molecule has 0 saturated heterocycles. The summed E-state index contributed by atoms with van der Waals surface area (Å²) in [5.41, 5.74) is 0. The van der Waals surface area contributed by atoms with Crippen LogP contribution in [-0.2, 0) is 4.79 Å². The molecule has 0 aromatic rings. The first-order chi connectivity index (χ1) is 4.92. The Balaban J connectivity index is 4.16. The highest BCUT2D eigenvalue weighted by Crippen LogP contribution is 2.31. The fourth-order valence-corrected chi connectivity index (χ4v) is 0.638. The van der Waals surface area contributed by atoms with E-state index in [0.717, 1.165) is 0 Å². The second-order valence-electron chi connectivity index (χ2n) is 1.98. The first-order valence-electron chi connectivity index (χ1n) is 2.82. The largest absolute Gasteiger partial charge is 0.370 e. The van der Waals surface area contributed by atoms with Crippen molar-refractivity contribution in [1.29, 1.82) is 0 Å². The van der Waals surface area contributed by atoms with E-state index in [4.69, 9.17) is 39.9 Å². The van der Waals surface area contributed by atoms with Gasteiger partial charge in [0, 0.05) is 0 Å². The molecule has 0 fully saturated rings. The summed E-state index contributed by atoms with van der Waals surface area (Å²) in [5, 5.41) is 10.4. The van der Waals surface area contributed by atoms with Gasteiger partial charge in [-0.1, -0.05) is 23.2 Å². The summed E-state index contributed by atoms with van der Waals surface area (Å²) in [6, 6.07) is 0. The minimum absolute atomic E-state index is 0.295. The summed E-state index contributed by atoms with van der Waals surface area (Å²) in [6.45, 7) is 1.51. The first-order valence-corrected chi connectivity index (χ1v) is 4.01. The van der Waals surface area contributed by atoms with Crippen LogP contribution < -0.4 is 5.32 Å². The van der Waals surface area contributed by atoms with Crippen molar-refractivity contribution < 1.29 is 9.90 Å². The predicted molar refractivity (Wildman–Crippen MR) is 45.0 cm³/mol. The molecule has 0 aromatic heterocycles. The highest BCUT2D eigenvalue weighted by Gasteiger charge is 2.38. The highest BCUT2D eigenvalue weighted by atomic mass is 35.5. The van der Waals surface area contributed by atoms with E-state index in [-0.39, 0.29) is 0 Å². The van der Waals surface area contributed by atoms with Crippen molar-refractivity contribution in [3.8, 4) is 0 Å². The van der Waals surface area contributed by atoms with Crippen LogP contribution in [0.1, 0.15) is 6.92 Å². The zero-order valence-electron chi connectivity index (χ0n) is 5.72. The summed E-state index contributed by atoms with van der Waals surface area (Å²) < 4.78 is -1.57. The van der Waals surface area contributed by atoms with Crippen LogP contribution in [0.15, 0.2) is 0 Å². The Hall–Kier alpha value is 0.300. The molecule has 6 heteroatoms. The zero-order valence-corrected chi connectivity index (χ0v) is 7.99. The average molecular weight is 220 g/mol. The molecule has 0 bridgehead atoms. The Kier molecular flexibility index (Phi) is 4.48. The van der Waals surface area contributed by atoms with Gasteiger partial charge >= 0.3 is 0 Å². The third kappa shape index (κ3) is 3.03. The van der Waals surface area contributed by atoms with Gasteiger partial charge in [-0.15, -0.1) is 11.6 Å². The third-order valence-electron chi connectivity index (χ3n) is 1.12. The quantitative estimate of drug-likeness (QED) is 0.419. The molecule has 0 heterocycles. The lowest BCUT2D eigenvalue weighted by molar-refractivity contribution is -0.112. The van der Waals surface area contributed by atoms with Crippen LogP contribution in [0.5, 0.6) is 0 Å². The summed E-state index contributed by atoms with van der Waals surface area (Å²) in [5.74, 6) is 0. The molecule has 0 rings (SSSR count). The number of aliphatic hydroxyl groups excluding tert-OH is 1. The predicted octanol–water partition coefficient (Wildman–Crippen LogP) is 0.852. The molecule has 2 atom stereocenters. The van der Waals surface area contributed by atoms with E-state index < -0.39 is 15.9 Å². The van der Waals surface area contributed by atoms with Gasteiger partial charge in [-0.05, 0) is 6.92 Å². The fraction of sp³-hybridized carbons (Fsp3) is 0.800. The van der Waals surface area contributed by atoms with Gasteiger partial charge in [-0.25, -0.2) is 0 Å². The van der Waals surface area contributed by atoms with E-state index in [1.807, 2.05) is 5.32 Å². The van der Waals surface area contributed by atoms with Crippen LogP contribution in [0.2, 0.25) is 0 Å². The number of hydrogen-bond donors (Lipinski definition) is 2. The molecule has 0 spiro atoms. The van der Waals surface area contributed by atoms with Gasteiger partial charge < -0.3 is 10.4 Å². The van der Waals surface area contributed by atoms with Gasteiger partial charge in [0.05, 0.1) is 5.38 Å². The second kappa shape index (κ2) is 4.36. The standard InChI is InChI=1S/C5H8Cl3NO2/c1-3(6)5(7,8)4(11)9-2-10/h2-4,11H,1H3,(H,9,10)/t3-,4+/m0/s1. The Labute approximate surface area is 79.6 Å². The van der Waals surface area contributed by atoms with Crippen LogP contribution >= 0.6 is 34.8 Å². The van der Waals surface area contributed by atoms with Crippen LogP contribution in [-0.4, -0.2) is 27.5 Å². The Morgan fingerprint density at radius 1 is 1.64 bits per heavy atom. The number of nitrogens with one attached hydrogen (secondary N) is 1. The van der Waals surface area contributed by atoms with Crippen molar-refractivity contribution >= 4 is 41.2 Å². The molecule has 3 nitrogen and oxygen atoms in total. The number of alkyl halides is 3. The molecular formula is C5H8Cl3NO2. The van der Waals surface area contributed by atoms with E-state index >= 15 is 0 Å². The van der Waals surface area contributed by atoms with Crippen molar-refractivity contribution in [2.45, 2.75) is 22.9 Å². The van der Waals surface area contributed by atoms with Crippen LogP contribution in [0.25, 0.3) is 0 Å². The highest BCUT2D eigenvalue weighted by molar-refractivity contribution is 6.52. The maximum absolute atomic E-state index is 9.85. The van der Waals surface area contributed by atoms with E-state index in [0.29, 0.717) is 6.41 Å². The van der Waals surface area contributed by atoms with Crippen molar-refractivity contribution in [2.75, 3.05) is 0 Å². The molecule has 11 heavy (non-hydrogen) atoms. The molecule has 66 valence electrons. The first kappa shape index (κ1) is 11.3. The monoisotopic (exact) mass is 219 g/mol. The van der Waals surface area contributed by atoms with Gasteiger partial charge in [-0.2, -0.15) is 0 Å². The van der Waals surface area contributed by atoms with Crippen LogP contribution in [0, 0.1) is 0 Å². The summed E-state index contributed by atoms with van der Waals surface area (Å²) in [6.07, 6.45) is -1.07. The lowest BCUT2D eigenvalue weighted by atomic mass is 10.3. The lowest BCUT2D eigenvalue weighted by Crippen LogP contribution is -2.47. The van der Waals surface area contributed by atoms with E-state index in [2.05, 4.69) is 0 Å². The number of hydrogen-bond acceptors (Lipinski definition) is 2. The summed E-state index contributed by atoms with van der Waals surface area (Å²) >= 11 is 16.6. The van der Waals surface area contributed by atoms with Crippen molar-refractivity contribution in [2.24, 2.45) is 0 Å². The smallest absolute Gasteiger partial charge is 0.209 e. The van der Waals surface area contributed by atoms with Gasteiger partial charge in [0.15, 0.2) is 10.6 Å². The normalized spacial score (nSPS) is 17.2. The SMILES string of the molecule is C[C@H](Cl)C(Cl)(Cl)[C@@H](O)NC=O. The maximum atomic E-state index is 9.85. The number of aliphatic hydroxyl groups is 1. The number of carbonyl (C=O) groups excluding carboxylic acids is 1. The van der Waals surface area contributed by atoms with Crippen LogP contribution in [0.4, 0.5) is 0 Å². The topological polar surface area (TPSA) is 49.3 Å². The molecule has 0 aliphatic rings. The molecule has 0 unspecified atom stereocenters. The van der Waals surface area contributed by atoms with Gasteiger partial charge in [0.2, 0.25) is 6.41 Å². The van der Waals surface area contributed by atoms with E-state index in [9.17, 15) is 4.79 Å². The molecule has 0 radical (unpaired) electrons. The summed E-state index contributed by atoms with van der Waals surface area (Å²) in [4.78, 5) is 9.85. The minimum Gasteiger partial charge on any atom is -0.370 e. The van der Waals surface area contributed by atoms with Crippen LogP contribution in [0.3, 0.4) is 0 Å². The second-order valence-corrected chi connectivity index (χ2v) is 4.08. The Bertz CT molecular complexity index is 140. The Morgan fingerprint density at radius 2 is 2.09 bits per heavy atom. The number of amides is 1. The molecular weight excluding hydrogens is 212 g/mol.